The molecule has 0 bridgehead atoms. The maximum absolute atomic E-state index is 12.6. The third-order valence-electron chi connectivity index (χ3n) is 8.40. The highest BCUT2D eigenvalue weighted by Gasteiger charge is 2.50. The zero-order valence-electron chi connectivity index (χ0n) is 20.9. The highest BCUT2D eigenvalue weighted by Crippen LogP contribution is 2.62. The molecule has 2 heterocycles. The van der Waals surface area contributed by atoms with E-state index in [1.54, 1.807) is 0 Å². The van der Waals surface area contributed by atoms with E-state index in [9.17, 15) is 4.79 Å². The molecular weight excluding hydrogens is 466 g/mol. The Bertz CT molecular complexity index is 1670. The third kappa shape index (κ3) is 2.76. The van der Waals surface area contributed by atoms with E-state index >= 15 is 0 Å². The summed E-state index contributed by atoms with van der Waals surface area (Å²) in [4.78, 5) is 15.0. The van der Waals surface area contributed by atoms with Crippen LogP contribution < -0.4 is 9.64 Å². The Labute approximate surface area is 222 Å². The lowest BCUT2D eigenvalue weighted by Crippen LogP contribution is -2.39. The van der Waals surface area contributed by atoms with Crippen molar-refractivity contribution in [2.24, 2.45) is 0 Å². The summed E-state index contributed by atoms with van der Waals surface area (Å²) in [5.41, 5.74) is 9.59. The van der Waals surface area contributed by atoms with Gasteiger partial charge >= 0.3 is 0 Å². The molecule has 0 radical (unpaired) electrons. The largest absolute Gasteiger partial charge is 0.457 e. The Balaban J connectivity index is 1.47. The number of Topliss-reactive ketones (excluding diaryl/α,β-unsaturated/α-hetero) is 1. The van der Waals surface area contributed by atoms with Crippen molar-refractivity contribution in [3.05, 3.63) is 149 Å². The predicted octanol–water partition coefficient (Wildman–Crippen LogP) is 8.48. The molecule has 1 aliphatic carbocycles. The molecular formula is C35H25NO2. The van der Waals surface area contributed by atoms with Crippen molar-refractivity contribution in [2.45, 2.75) is 24.7 Å². The van der Waals surface area contributed by atoms with Crippen molar-refractivity contribution in [1.82, 2.24) is 0 Å². The van der Waals surface area contributed by atoms with Gasteiger partial charge in [-0.1, -0.05) is 72.8 Å². The van der Waals surface area contributed by atoms with Crippen molar-refractivity contribution in [2.75, 3.05) is 4.90 Å². The summed E-state index contributed by atoms with van der Waals surface area (Å²) < 4.78 is 6.47. The summed E-state index contributed by atoms with van der Waals surface area (Å²) in [5, 5.41) is 0. The summed E-state index contributed by atoms with van der Waals surface area (Å²) in [7, 11) is 0. The van der Waals surface area contributed by atoms with Crippen LogP contribution in [-0.4, -0.2) is 5.78 Å². The number of aryl methyl sites for hydroxylation is 1. The Hall–Kier alpha value is -4.63. The number of hydrogen-bond donors (Lipinski definition) is 0. The summed E-state index contributed by atoms with van der Waals surface area (Å²) in [5.74, 6) is 2.03. The molecule has 1 spiro atoms. The van der Waals surface area contributed by atoms with E-state index in [1.165, 1.54) is 11.1 Å². The smallest absolute Gasteiger partial charge is 0.163 e. The molecule has 2 aliphatic heterocycles. The number of benzene rings is 5. The fourth-order valence-electron chi connectivity index (χ4n) is 6.87. The highest BCUT2D eigenvalue weighted by atomic mass is 16.5. The van der Waals surface area contributed by atoms with E-state index in [1.807, 2.05) is 18.2 Å². The SMILES string of the molecule is O=C1CCCc2cc(N3c4ccccc4C4(c5ccccc5Oc5ccccc54)c4ccccc43)ccc21. The van der Waals surface area contributed by atoms with Gasteiger partial charge in [0.2, 0.25) is 0 Å². The summed E-state index contributed by atoms with van der Waals surface area (Å²) in [6.45, 7) is 0. The maximum atomic E-state index is 12.6. The van der Waals surface area contributed by atoms with Crippen molar-refractivity contribution < 1.29 is 9.53 Å². The van der Waals surface area contributed by atoms with Gasteiger partial charge in [-0.3, -0.25) is 4.79 Å². The van der Waals surface area contributed by atoms with Crippen LogP contribution in [0.1, 0.15) is 51.0 Å². The Morgan fingerprint density at radius 2 is 1.16 bits per heavy atom. The second kappa shape index (κ2) is 7.93. The van der Waals surface area contributed by atoms with Crippen molar-refractivity contribution in [1.29, 1.82) is 0 Å². The second-order valence-corrected chi connectivity index (χ2v) is 10.3. The normalized spacial score (nSPS) is 16.0. The fourth-order valence-corrected chi connectivity index (χ4v) is 6.87. The first-order chi connectivity index (χ1) is 18.8. The monoisotopic (exact) mass is 491 g/mol. The quantitative estimate of drug-likeness (QED) is 0.231. The minimum atomic E-state index is -0.528. The minimum absolute atomic E-state index is 0.256. The third-order valence-corrected chi connectivity index (χ3v) is 8.40. The molecule has 0 saturated carbocycles. The van der Waals surface area contributed by atoms with Crippen LogP contribution in [-0.2, 0) is 11.8 Å². The summed E-state index contributed by atoms with van der Waals surface area (Å²) in [6, 6.07) is 40.7. The predicted molar refractivity (Wildman–Crippen MR) is 150 cm³/mol. The molecule has 0 fully saturated rings. The Kier molecular flexibility index (Phi) is 4.48. The van der Waals surface area contributed by atoms with Crippen LogP contribution >= 0.6 is 0 Å². The lowest BCUT2D eigenvalue weighted by molar-refractivity contribution is 0.0972. The number of nitrogens with zero attached hydrogens (tertiary/aromatic N) is 1. The number of anilines is 3. The summed E-state index contributed by atoms with van der Waals surface area (Å²) in [6.07, 6.45) is 2.50. The van der Waals surface area contributed by atoms with Gasteiger partial charge in [0.1, 0.15) is 11.5 Å². The van der Waals surface area contributed by atoms with Crippen LogP contribution in [0.4, 0.5) is 17.1 Å². The lowest BCUT2D eigenvalue weighted by Gasteiger charge is -2.48. The molecule has 0 unspecified atom stereocenters. The molecule has 8 rings (SSSR count). The number of ether oxygens (including phenoxy) is 1. The molecule has 3 nitrogen and oxygen atoms in total. The average molecular weight is 492 g/mol. The van der Waals surface area contributed by atoms with Crippen LogP contribution in [0.3, 0.4) is 0 Å². The first-order valence-corrected chi connectivity index (χ1v) is 13.3. The minimum Gasteiger partial charge on any atom is -0.457 e. The van der Waals surface area contributed by atoms with Crippen LogP contribution in [0, 0.1) is 0 Å². The van der Waals surface area contributed by atoms with Gasteiger partial charge in [0.05, 0.1) is 16.8 Å². The van der Waals surface area contributed by atoms with Crippen molar-refractivity contribution in [3.8, 4) is 11.5 Å². The molecule has 38 heavy (non-hydrogen) atoms. The molecule has 5 aromatic carbocycles. The maximum Gasteiger partial charge on any atom is 0.163 e. The zero-order chi connectivity index (χ0) is 25.3. The van der Waals surface area contributed by atoms with Crippen molar-refractivity contribution in [3.63, 3.8) is 0 Å². The van der Waals surface area contributed by atoms with E-state index in [-0.39, 0.29) is 5.78 Å². The number of carbonyl (C=O) groups excluding carboxylic acids is 1. The van der Waals surface area contributed by atoms with Crippen LogP contribution in [0.5, 0.6) is 11.5 Å². The van der Waals surface area contributed by atoms with Gasteiger partial charge in [-0.05, 0) is 72.0 Å². The average Bonchev–Trinajstić information content (AvgIpc) is 2.97. The van der Waals surface area contributed by atoms with Gasteiger partial charge in [0.15, 0.2) is 5.78 Å². The molecule has 182 valence electrons. The van der Waals surface area contributed by atoms with Gasteiger partial charge in [0.25, 0.3) is 0 Å². The molecule has 0 amide bonds. The zero-order valence-corrected chi connectivity index (χ0v) is 20.9. The number of para-hydroxylation sites is 4. The van der Waals surface area contributed by atoms with Gasteiger partial charge in [-0.15, -0.1) is 0 Å². The molecule has 5 aromatic rings. The number of rotatable bonds is 1. The molecule has 3 heteroatoms. The van der Waals surface area contributed by atoms with E-state index < -0.39 is 5.41 Å². The van der Waals surface area contributed by atoms with Gasteiger partial charge in [0, 0.05) is 28.8 Å². The standard InChI is InChI=1S/C35H25NO2/c37-32-17-9-10-23-22-24(20-21-25(23)32)36-30-15-5-1-11-26(30)35(27-12-2-6-16-31(27)36)28-13-3-7-18-33(28)38-34-19-8-4-14-29(34)35/h1-8,11-16,18-22H,9-10,17H2. The first kappa shape index (κ1) is 21.5. The van der Waals surface area contributed by atoms with Crippen molar-refractivity contribution >= 4 is 22.8 Å². The molecule has 0 saturated heterocycles. The fraction of sp³-hybridized carbons (Fsp3) is 0.114. The number of ketones is 1. The lowest BCUT2D eigenvalue weighted by atomic mass is 9.61. The van der Waals surface area contributed by atoms with Crippen LogP contribution in [0.15, 0.2) is 115 Å². The molecule has 0 N–H and O–H groups in total. The highest BCUT2D eigenvalue weighted by molar-refractivity contribution is 5.99. The summed E-state index contributed by atoms with van der Waals surface area (Å²) >= 11 is 0. The van der Waals surface area contributed by atoms with Crippen LogP contribution in [0.25, 0.3) is 0 Å². The van der Waals surface area contributed by atoms with E-state index in [2.05, 4.69) is 102 Å². The number of carbonyl (C=O) groups is 1. The van der Waals surface area contributed by atoms with Gasteiger partial charge in [-0.2, -0.15) is 0 Å². The number of hydrogen-bond acceptors (Lipinski definition) is 3. The second-order valence-electron chi connectivity index (χ2n) is 10.3. The van der Waals surface area contributed by atoms with Gasteiger partial charge < -0.3 is 9.64 Å². The van der Waals surface area contributed by atoms with Crippen LogP contribution in [0.2, 0.25) is 0 Å². The van der Waals surface area contributed by atoms with E-state index in [4.69, 9.17) is 4.74 Å². The van der Waals surface area contributed by atoms with E-state index in [0.29, 0.717) is 6.42 Å². The Morgan fingerprint density at radius 3 is 1.79 bits per heavy atom. The first-order valence-electron chi connectivity index (χ1n) is 13.3. The number of fused-ring (bicyclic) bond motifs is 9. The topological polar surface area (TPSA) is 29.5 Å². The molecule has 3 aliphatic rings. The Morgan fingerprint density at radius 1 is 0.605 bits per heavy atom. The molecule has 0 aromatic heterocycles. The van der Waals surface area contributed by atoms with Gasteiger partial charge in [-0.25, -0.2) is 0 Å². The van der Waals surface area contributed by atoms with E-state index in [0.717, 1.165) is 63.7 Å². The molecule has 0 atom stereocenters.